The fourth-order valence-corrected chi connectivity index (χ4v) is 3.00. The molecule has 0 atom stereocenters. The Hall–Kier alpha value is -3.66. The van der Waals surface area contributed by atoms with Crippen LogP contribution in [0.1, 0.15) is 15.9 Å². The third kappa shape index (κ3) is 3.45. The van der Waals surface area contributed by atoms with Crippen LogP contribution in [0.25, 0.3) is 22.3 Å². The summed E-state index contributed by atoms with van der Waals surface area (Å²) >= 11 is 0. The average molecular weight is 370 g/mol. The standard InChI is InChI=1S/C24H18O4/c1-16-11-13-18(14-12-16)23-24(22(26)19-9-5-6-10-21(19)28-23)27-15-20(25)17-7-3-2-4-8-17/h2-14H,15H2,1H3. The molecule has 0 aliphatic heterocycles. The van der Waals surface area contributed by atoms with E-state index in [0.717, 1.165) is 11.1 Å². The van der Waals surface area contributed by atoms with Gasteiger partial charge < -0.3 is 9.15 Å². The highest BCUT2D eigenvalue weighted by Crippen LogP contribution is 2.31. The van der Waals surface area contributed by atoms with Gasteiger partial charge in [-0.15, -0.1) is 0 Å². The first-order valence-corrected chi connectivity index (χ1v) is 8.97. The van der Waals surface area contributed by atoms with Gasteiger partial charge in [-0.2, -0.15) is 0 Å². The first kappa shape index (κ1) is 17.7. The predicted octanol–water partition coefficient (Wildman–Crippen LogP) is 5.03. The van der Waals surface area contributed by atoms with E-state index in [9.17, 15) is 9.59 Å². The van der Waals surface area contributed by atoms with Crippen LogP contribution in [0.2, 0.25) is 0 Å². The van der Waals surface area contributed by atoms with Gasteiger partial charge in [0.25, 0.3) is 0 Å². The van der Waals surface area contributed by atoms with Gasteiger partial charge >= 0.3 is 0 Å². The summed E-state index contributed by atoms with van der Waals surface area (Å²) in [6.07, 6.45) is 0. The monoisotopic (exact) mass is 370 g/mol. The van der Waals surface area contributed by atoms with E-state index in [1.54, 1.807) is 42.5 Å². The number of rotatable bonds is 5. The van der Waals surface area contributed by atoms with E-state index in [-0.39, 0.29) is 23.6 Å². The molecule has 0 unspecified atom stereocenters. The molecule has 4 aromatic rings. The minimum atomic E-state index is -0.293. The lowest BCUT2D eigenvalue weighted by Crippen LogP contribution is -2.17. The SMILES string of the molecule is Cc1ccc(-c2oc3ccccc3c(=O)c2OCC(=O)c2ccccc2)cc1. The quantitative estimate of drug-likeness (QED) is 0.462. The number of Topliss-reactive ketones (excluding diaryl/α,β-unsaturated/α-hetero) is 1. The van der Waals surface area contributed by atoms with Crippen molar-refractivity contribution in [2.24, 2.45) is 0 Å². The highest BCUT2D eigenvalue weighted by molar-refractivity contribution is 5.97. The minimum absolute atomic E-state index is 0.0480. The summed E-state index contributed by atoms with van der Waals surface area (Å²) in [4.78, 5) is 25.5. The van der Waals surface area contributed by atoms with E-state index >= 15 is 0 Å². The van der Waals surface area contributed by atoms with Crippen LogP contribution in [-0.2, 0) is 0 Å². The van der Waals surface area contributed by atoms with E-state index in [1.165, 1.54) is 0 Å². The smallest absolute Gasteiger partial charge is 0.235 e. The van der Waals surface area contributed by atoms with Crippen LogP contribution >= 0.6 is 0 Å². The van der Waals surface area contributed by atoms with E-state index in [1.807, 2.05) is 43.3 Å². The van der Waals surface area contributed by atoms with Crippen LogP contribution in [0.5, 0.6) is 5.75 Å². The second-order valence-corrected chi connectivity index (χ2v) is 6.53. The van der Waals surface area contributed by atoms with Gasteiger partial charge in [-0.1, -0.05) is 72.3 Å². The molecule has 3 aromatic carbocycles. The Bertz CT molecular complexity index is 1190. The molecule has 0 saturated carbocycles. The molecule has 4 nitrogen and oxygen atoms in total. The van der Waals surface area contributed by atoms with E-state index in [0.29, 0.717) is 22.3 Å². The van der Waals surface area contributed by atoms with Gasteiger partial charge in [-0.3, -0.25) is 9.59 Å². The maximum atomic E-state index is 13.0. The van der Waals surface area contributed by atoms with Gasteiger partial charge in [0.2, 0.25) is 11.2 Å². The fraction of sp³-hybridized carbons (Fsp3) is 0.0833. The molecule has 1 aromatic heterocycles. The van der Waals surface area contributed by atoms with E-state index < -0.39 is 0 Å². The van der Waals surface area contributed by atoms with Gasteiger partial charge in [0.05, 0.1) is 5.39 Å². The van der Waals surface area contributed by atoms with Crippen molar-refractivity contribution in [1.82, 2.24) is 0 Å². The molecule has 0 saturated heterocycles. The van der Waals surface area contributed by atoms with Gasteiger partial charge in [0, 0.05) is 11.1 Å². The summed E-state index contributed by atoms with van der Waals surface area (Å²) in [5.41, 5.74) is 2.52. The summed E-state index contributed by atoms with van der Waals surface area (Å²) in [5.74, 6) is 0.166. The Kier molecular flexibility index (Phi) is 4.77. The number of hydrogen-bond donors (Lipinski definition) is 0. The van der Waals surface area contributed by atoms with Gasteiger partial charge in [-0.25, -0.2) is 0 Å². The molecular formula is C24H18O4. The van der Waals surface area contributed by atoms with Crippen molar-refractivity contribution in [3.05, 3.63) is 100 Å². The van der Waals surface area contributed by atoms with E-state index in [2.05, 4.69) is 0 Å². The Morgan fingerprint density at radius 2 is 1.57 bits per heavy atom. The number of hydrogen-bond acceptors (Lipinski definition) is 4. The lowest BCUT2D eigenvalue weighted by atomic mass is 10.1. The molecule has 0 aliphatic carbocycles. The normalized spacial score (nSPS) is 10.8. The van der Waals surface area contributed by atoms with Crippen molar-refractivity contribution >= 4 is 16.8 Å². The predicted molar refractivity (Wildman–Crippen MR) is 109 cm³/mol. The zero-order valence-electron chi connectivity index (χ0n) is 15.3. The zero-order valence-corrected chi connectivity index (χ0v) is 15.3. The van der Waals surface area contributed by atoms with Gasteiger partial charge in [0.15, 0.2) is 18.2 Å². The molecule has 0 amide bonds. The Morgan fingerprint density at radius 3 is 2.32 bits per heavy atom. The summed E-state index contributed by atoms with van der Waals surface area (Å²) in [6.45, 7) is 1.74. The van der Waals surface area contributed by atoms with Crippen LogP contribution in [0, 0.1) is 6.92 Å². The van der Waals surface area contributed by atoms with Crippen molar-refractivity contribution < 1.29 is 13.9 Å². The van der Waals surface area contributed by atoms with Crippen molar-refractivity contribution in [2.45, 2.75) is 6.92 Å². The van der Waals surface area contributed by atoms with Crippen LogP contribution in [0.3, 0.4) is 0 Å². The molecule has 4 heteroatoms. The third-order valence-electron chi connectivity index (χ3n) is 4.51. The summed E-state index contributed by atoms with van der Waals surface area (Å²) in [6, 6.07) is 23.5. The maximum absolute atomic E-state index is 13.0. The number of carbonyl (C=O) groups is 1. The minimum Gasteiger partial charge on any atom is -0.478 e. The highest BCUT2D eigenvalue weighted by atomic mass is 16.5. The van der Waals surface area contributed by atoms with Crippen molar-refractivity contribution in [1.29, 1.82) is 0 Å². The maximum Gasteiger partial charge on any atom is 0.235 e. The molecule has 4 rings (SSSR count). The van der Waals surface area contributed by atoms with Crippen LogP contribution in [0.15, 0.2) is 88.1 Å². The zero-order chi connectivity index (χ0) is 19.5. The lowest BCUT2D eigenvalue weighted by Gasteiger charge is -2.11. The number of ketones is 1. The Labute approximate surface area is 162 Å². The van der Waals surface area contributed by atoms with Crippen LogP contribution in [-0.4, -0.2) is 12.4 Å². The Morgan fingerprint density at radius 1 is 0.893 bits per heavy atom. The topological polar surface area (TPSA) is 56.5 Å². The van der Waals surface area contributed by atoms with Crippen molar-refractivity contribution in [3.8, 4) is 17.1 Å². The molecule has 1 heterocycles. The number of para-hydroxylation sites is 1. The molecule has 28 heavy (non-hydrogen) atoms. The molecule has 0 aliphatic rings. The number of aryl methyl sites for hydroxylation is 1. The van der Waals surface area contributed by atoms with Crippen molar-refractivity contribution in [2.75, 3.05) is 6.61 Å². The second-order valence-electron chi connectivity index (χ2n) is 6.53. The van der Waals surface area contributed by atoms with E-state index in [4.69, 9.17) is 9.15 Å². The summed E-state index contributed by atoms with van der Waals surface area (Å²) in [7, 11) is 0. The summed E-state index contributed by atoms with van der Waals surface area (Å²) in [5, 5.41) is 0.417. The molecule has 0 N–H and O–H groups in total. The molecule has 0 radical (unpaired) electrons. The van der Waals surface area contributed by atoms with Crippen LogP contribution < -0.4 is 10.2 Å². The first-order chi connectivity index (χ1) is 13.6. The first-order valence-electron chi connectivity index (χ1n) is 8.97. The Balaban J connectivity index is 1.78. The lowest BCUT2D eigenvalue weighted by molar-refractivity contribution is 0.0920. The number of benzene rings is 3. The molecule has 0 fully saturated rings. The largest absolute Gasteiger partial charge is 0.478 e. The number of carbonyl (C=O) groups excluding carboxylic acids is 1. The van der Waals surface area contributed by atoms with Crippen LogP contribution in [0.4, 0.5) is 0 Å². The van der Waals surface area contributed by atoms with Gasteiger partial charge in [-0.05, 0) is 19.1 Å². The summed E-state index contributed by atoms with van der Waals surface area (Å²) < 4.78 is 11.7. The van der Waals surface area contributed by atoms with Crippen molar-refractivity contribution in [3.63, 3.8) is 0 Å². The van der Waals surface area contributed by atoms with Gasteiger partial charge in [0.1, 0.15) is 5.58 Å². The molecule has 0 spiro atoms. The number of fused-ring (bicyclic) bond motifs is 1. The second kappa shape index (κ2) is 7.53. The molecule has 138 valence electrons. The average Bonchev–Trinajstić information content (AvgIpc) is 2.74. The third-order valence-corrected chi connectivity index (χ3v) is 4.51. The highest BCUT2D eigenvalue weighted by Gasteiger charge is 2.19. The number of ether oxygens (including phenoxy) is 1. The molecule has 0 bridgehead atoms. The molecular weight excluding hydrogens is 352 g/mol. The fourth-order valence-electron chi connectivity index (χ4n) is 3.00.